The molecule has 1 aromatic heterocycles. The third kappa shape index (κ3) is 3.22. The van der Waals surface area contributed by atoms with Crippen molar-refractivity contribution in [3.05, 3.63) is 11.7 Å². The first-order valence-electron chi connectivity index (χ1n) is 6.28. The summed E-state index contributed by atoms with van der Waals surface area (Å²) < 4.78 is 5.28. The van der Waals surface area contributed by atoms with Gasteiger partial charge >= 0.3 is 0 Å². The van der Waals surface area contributed by atoms with Gasteiger partial charge in [-0.25, -0.2) is 0 Å². The van der Waals surface area contributed by atoms with Crippen LogP contribution >= 0.6 is 11.8 Å². The third-order valence-corrected chi connectivity index (χ3v) is 4.11. The highest BCUT2D eigenvalue weighted by Crippen LogP contribution is 2.36. The van der Waals surface area contributed by atoms with Crippen LogP contribution in [0.2, 0.25) is 0 Å². The molecule has 0 radical (unpaired) electrons. The summed E-state index contributed by atoms with van der Waals surface area (Å²) in [5.74, 6) is 3.76. The maximum absolute atomic E-state index is 6.01. The van der Waals surface area contributed by atoms with Gasteiger partial charge in [0.1, 0.15) is 0 Å². The first-order valence-corrected chi connectivity index (χ1v) is 7.68. The largest absolute Gasteiger partial charge is 0.338 e. The summed E-state index contributed by atoms with van der Waals surface area (Å²) >= 11 is 1.79. The van der Waals surface area contributed by atoms with Gasteiger partial charge < -0.3 is 10.3 Å². The zero-order valence-corrected chi connectivity index (χ0v) is 11.4. The van der Waals surface area contributed by atoms with Gasteiger partial charge in [0, 0.05) is 5.92 Å². The summed E-state index contributed by atoms with van der Waals surface area (Å²) in [5.41, 5.74) is 6.01. The van der Waals surface area contributed by atoms with Crippen LogP contribution in [0.25, 0.3) is 0 Å². The zero-order valence-electron chi connectivity index (χ0n) is 10.6. The molecule has 1 aliphatic rings. The Morgan fingerprint density at radius 1 is 1.53 bits per heavy atom. The smallest absolute Gasteiger partial charge is 0.243 e. The fourth-order valence-electron chi connectivity index (χ4n) is 2.37. The van der Waals surface area contributed by atoms with Gasteiger partial charge in [-0.2, -0.15) is 16.7 Å². The van der Waals surface area contributed by atoms with Gasteiger partial charge in [0.25, 0.3) is 0 Å². The number of rotatable bonds is 5. The molecule has 2 rings (SSSR count). The molecule has 3 unspecified atom stereocenters. The van der Waals surface area contributed by atoms with Crippen molar-refractivity contribution < 1.29 is 4.52 Å². The molecule has 3 atom stereocenters. The van der Waals surface area contributed by atoms with E-state index >= 15 is 0 Å². The highest BCUT2D eigenvalue weighted by Gasteiger charge is 2.27. The van der Waals surface area contributed by atoms with Gasteiger partial charge in [-0.05, 0) is 43.6 Å². The molecule has 17 heavy (non-hydrogen) atoms. The number of nitrogens with two attached hydrogens (primary N) is 1. The molecule has 0 bridgehead atoms. The molecule has 96 valence electrons. The fourth-order valence-corrected chi connectivity index (χ4v) is 2.86. The Morgan fingerprint density at radius 2 is 2.35 bits per heavy atom. The lowest BCUT2D eigenvalue weighted by Crippen LogP contribution is -2.11. The second kappa shape index (κ2) is 5.87. The Bertz CT molecular complexity index is 355. The van der Waals surface area contributed by atoms with Crippen molar-refractivity contribution in [2.45, 2.75) is 44.6 Å². The lowest BCUT2D eigenvalue weighted by molar-refractivity contribution is 0.346. The summed E-state index contributed by atoms with van der Waals surface area (Å²) in [6.45, 7) is 2.28. The van der Waals surface area contributed by atoms with E-state index in [0.717, 1.165) is 23.9 Å². The van der Waals surface area contributed by atoms with E-state index in [1.165, 1.54) is 19.3 Å². The Labute approximate surface area is 107 Å². The van der Waals surface area contributed by atoms with Crippen LogP contribution in [0.3, 0.4) is 0 Å². The van der Waals surface area contributed by atoms with Crippen molar-refractivity contribution in [1.82, 2.24) is 10.1 Å². The van der Waals surface area contributed by atoms with E-state index in [0.29, 0.717) is 11.8 Å². The monoisotopic (exact) mass is 255 g/mol. The molecular weight excluding hydrogens is 234 g/mol. The topological polar surface area (TPSA) is 64.9 Å². The number of thioether (sulfide) groups is 1. The van der Waals surface area contributed by atoms with Crippen LogP contribution in [0.4, 0.5) is 0 Å². The molecule has 1 aliphatic carbocycles. The van der Waals surface area contributed by atoms with Crippen LogP contribution in [0, 0.1) is 5.92 Å². The van der Waals surface area contributed by atoms with E-state index in [-0.39, 0.29) is 6.04 Å². The van der Waals surface area contributed by atoms with Gasteiger partial charge in [0.15, 0.2) is 5.82 Å². The first kappa shape index (κ1) is 12.9. The van der Waals surface area contributed by atoms with Crippen LogP contribution in [0.1, 0.15) is 56.3 Å². The Balaban J connectivity index is 1.95. The molecule has 2 N–H and O–H groups in total. The fraction of sp³-hybridized carbons (Fsp3) is 0.833. The first-order chi connectivity index (χ1) is 8.20. The number of aromatic nitrogens is 2. The zero-order chi connectivity index (χ0) is 12.3. The van der Waals surface area contributed by atoms with Crippen LogP contribution in [-0.2, 0) is 0 Å². The average Bonchev–Trinajstić information content (AvgIpc) is 2.93. The average molecular weight is 255 g/mol. The summed E-state index contributed by atoms with van der Waals surface area (Å²) in [5, 5.41) is 4.09. The molecule has 1 saturated carbocycles. The molecule has 0 aromatic carbocycles. The molecule has 4 nitrogen and oxygen atoms in total. The van der Waals surface area contributed by atoms with Crippen LogP contribution in [0.5, 0.6) is 0 Å². The molecule has 1 fully saturated rings. The summed E-state index contributed by atoms with van der Waals surface area (Å²) in [7, 11) is 0. The van der Waals surface area contributed by atoms with Crippen LogP contribution in [0.15, 0.2) is 4.52 Å². The summed E-state index contributed by atoms with van der Waals surface area (Å²) in [4.78, 5) is 4.47. The quantitative estimate of drug-likeness (QED) is 0.876. The van der Waals surface area contributed by atoms with Crippen molar-refractivity contribution in [3.8, 4) is 0 Å². The summed E-state index contributed by atoms with van der Waals surface area (Å²) in [6.07, 6.45) is 6.60. The molecule has 0 saturated heterocycles. The van der Waals surface area contributed by atoms with Gasteiger partial charge in [-0.1, -0.05) is 12.1 Å². The van der Waals surface area contributed by atoms with E-state index in [9.17, 15) is 0 Å². The third-order valence-electron chi connectivity index (χ3n) is 3.47. The van der Waals surface area contributed by atoms with E-state index in [4.69, 9.17) is 10.3 Å². The standard InChI is InChI=1S/C12H21N3OS/c1-8-3-4-9(7-8)11-14-12(16-15-11)10(13)5-6-17-2/h8-10H,3-7,13H2,1-2H3. The minimum Gasteiger partial charge on any atom is -0.338 e. The predicted octanol–water partition coefficient (Wildman–Crippen LogP) is 2.73. The minimum atomic E-state index is -0.109. The van der Waals surface area contributed by atoms with Crippen molar-refractivity contribution in [1.29, 1.82) is 0 Å². The van der Waals surface area contributed by atoms with Crippen LogP contribution in [-0.4, -0.2) is 22.1 Å². The predicted molar refractivity (Wildman–Crippen MR) is 70.0 cm³/mol. The highest BCUT2D eigenvalue weighted by atomic mass is 32.2. The SMILES string of the molecule is CSCCC(N)c1nc(C2CCC(C)C2)no1. The molecule has 0 aliphatic heterocycles. The van der Waals surface area contributed by atoms with Gasteiger partial charge in [-0.3, -0.25) is 0 Å². The lowest BCUT2D eigenvalue weighted by atomic mass is 10.1. The Kier molecular flexibility index (Phi) is 4.45. The second-order valence-electron chi connectivity index (χ2n) is 4.99. The molecule has 0 spiro atoms. The molecule has 0 amide bonds. The van der Waals surface area contributed by atoms with E-state index < -0.39 is 0 Å². The van der Waals surface area contributed by atoms with E-state index in [2.05, 4.69) is 23.3 Å². The van der Waals surface area contributed by atoms with Gasteiger partial charge in [0.05, 0.1) is 6.04 Å². The molecule has 5 heteroatoms. The molecular formula is C12H21N3OS. The van der Waals surface area contributed by atoms with Gasteiger partial charge in [-0.15, -0.1) is 0 Å². The van der Waals surface area contributed by atoms with Crippen molar-refractivity contribution in [3.63, 3.8) is 0 Å². The molecule has 1 heterocycles. The van der Waals surface area contributed by atoms with Crippen molar-refractivity contribution >= 4 is 11.8 Å². The Morgan fingerprint density at radius 3 is 3.00 bits per heavy atom. The number of hydrogen-bond acceptors (Lipinski definition) is 5. The minimum absolute atomic E-state index is 0.109. The number of nitrogens with zero attached hydrogens (tertiary/aromatic N) is 2. The van der Waals surface area contributed by atoms with E-state index in [1.54, 1.807) is 11.8 Å². The van der Waals surface area contributed by atoms with Gasteiger partial charge in [0.2, 0.25) is 5.89 Å². The van der Waals surface area contributed by atoms with E-state index in [1.807, 2.05) is 0 Å². The van der Waals surface area contributed by atoms with Crippen LogP contribution < -0.4 is 5.73 Å². The highest BCUT2D eigenvalue weighted by molar-refractivity contribution is 7.98. The molecule has 1 aromatic rings. The maximum atomic E-state index is 6.01. The normalized spacial score (nSPS) is 26.3. The second-order valence-corrected chi connectivity index (χ2v) is 5.98. The summed E-state index contributed by atoms with van der Waals surface area (Å²) in [6, 6.07) is -0.109. The van der Waals surface area contributed by atoms with Crippen molar-refractivity contribution in [2.75, 3.05) is 12.0 Å². The Hall–Kier alpha value is -0.550. The van der Waals surface area contributed by atoms with Crippen molar-refractivity contribution in [2.24, 2.45) is 11.7 Å². The lowest BCUT2D eigenvalue weighted by Gasteiger charge is -2.04. The number of hydrogen-bond donors (Lipinski definition) is 1. The maximum Gasteiger partial charge on any atom is 0.243 e.